The number of fused-ring (bicyclic) bond motifs is 4. The summed E-state index contributed by atoms with van der Waals surface area (Å²) in [6.45, 7) is 10.9. The number of aromatic nitrogens is 1. The fourth-order valence-electron chi connectivity index (χ4n) is 10.8. The van der Waals surface area contributed by atoms with Crippen molar-refractivity contribution in [2.24, 2.45) is 40.5 Å². The molecule has 542 valence electrons. The summed E-state index contributed by atoms with van der Waals surface area (Å²) in [4.78, 5) is 68.0. The molecule has 0 unspecified atom stereocenters. The van der Waals surface area contributed by atoms with E-state index in [1.165, 1.54) is 75.6 Å². The highest BCUT2D eigenvalue weighted by atomic mass is 79.9. The van der Waals surface area contributed by atoms with Crippen LogP contribution in [0, 0.1) is 0 Å². The van der Waals surface area contributed by atoms with Crippen LogP contribution in [0.1, 0.15) is 95.3 Å². The van der Waals surface area contributed by atoms with Crippen molar-refractivity contribution in [1.29, 1.82) is 0 Å². The zero-order chi connectivity index (χ0) is 74.1. The summed E-state index contributed by atoms with van der Waals surface area (Å²) in [6.07, 6.45) is 4.13. The smallest absolute Gasteiger partial charge is 0.313 e. The molecule has 4 amide bonds. The van der Waals surface area contributed by atoms with Crippen LogP contribution in [0.3, 0.4) is 0 Å². The summed E-state index contributed by atoms with van der Waals surface area (Å²) < 4.78 is 121. The van der Waals surface area contributed by atoms with Crippen molar-refractivity contribution in [2.45, 2.75) is 126 Å². The number of rotatable bonds is 16. The third-order valence-electron chi connectivity index (χ3n) is 15.2. The van der Waals surface area contributed by atoms with Crippen molar-refractivity contribution in [2.75, 3.05) is 52.9 Å². The molecule has 4 aliphatic heterocycles. The number of carbonyl (C=O) groups excluding carboxylic acids is 5. The van der Waals surface area contributed by atoms with Crippen LogP contribution in [0.15, 0.2) is 158 Å². The Morgan fingerprint density at radius 3 is 1.09 bits per heavy atom. The van der Waals surface area contributed by atoms with Crippen molar-refractivity contribution in [3.05, 3.63) is 155 Å². The number of hydrogen-bond acceptors (Lipinski definition) is 16. The molecule has 0 saturated heterocycles. The van der Waals surface area contributed by atoms with Crippen molar-refractivity contribution >= 4 is 180 Å². The number of ether oxygens (including phenoxy) is 1. The Morgan fingerprint density at radius 2 is 0.792 bits per heavy atom. The number of methoxy groups -OCH3 is 1. The van der Waals surface area contributed by atoms with Gasteiger partial charge in [-0.05, 0) is 192 Å². The summed E-state index contributed by atoms with van der Waals surface area (Å²) in [5.41, 5.74) is 29.1. The minimum absolute atomic E-state index is 0. The molecular weight excluding hydrogens is 1650 g/mol. The number of benzene rings is 5. The van der Waals surface area contributed by atoms with E-state index in [0.717, 1.165) is 34.9 Å². The quantitative estimate of drug-likeness (QED) is 0.0349. The van der Waals surface area contributed by atoms with E-state index in [4.69, 9.17) is 22.9 Å². The molecule has 0 fully saturated rings. The van der Waals surface area contributed by atoms with Gasteiger partial charge in [0.05, 0.1) is 12.7 Å². The van der Waals surface area contributed by atoms with Gasteiger partial charge in [0.25, 0.3) is 40.1 Å². The SMILES string of the molecule is C.CC(=O)N1CCc2cc(Br)c(S(=O)(=O)N=C(N)CC(C)(C)O)cc21.CC(=O)N1CCc2cc(Br)c(S(=O)(=O)N=C(N)Cc3ccccc3)cc21.CC(=O)N1CCc2cc(Br)c(S(=O)(=O)N=C(N)Cc3ccccn3)cc21.COC(=O)CC(N)=NS(=O)(=O)c1cc2c(cc1Br)CCN2C(C)=O. The first-order valence-electron chi connectivity index (χ1n) is 30.1. The molecule has 5 heterocycles. The molecule has 0 aliphatic carbocycles. The Labute approximate surface area is 620 Å². The Bertz CT molecular complexity index is 4670. The first-order chi connectivity index (χ1) is 46.6. The van der Waals surface area contributed by atoms with Crippen LogP contribution >= 0.6 is 63.7 Å². The van der Waals surface area contributed by atoms with E-state index in [-0.39, 0.29) is 93.2 Å². The standard InChI is InChI=1S/C18H18BrN3O3S.C17H17BrN4O3S.C15H20BrN3O4S.C14H16BrN3O5S.CH4/c1-12(23)22-8-7-14-10-15(19)17(11-16(14)22)26(24,25)21-18(20)9-13-5-3-2-4-6-13;1-11(23)22-7-5-12-8-14(18)16(10-15(12)22)26(24,25)21-17(19)9-13-4-2-3-6-20-13;1-9(20)19-5-4-10-6-11(16)13(7-12(10)19)24(22,23)18-14(17)8-15(2,3)21;1-8(19)18-4-3-9-5-10(15)12(6-11(9)18)24(21,22)17-13(16)7-14(20)23-2;/h2-6,10-11H,7-9H2,1H3,(H2,20,21);2-4,6,8,10H,5,7,9H2,1H3,(H2,19,21);6-7,21H,4-5,8H2,1-3H3,(H2,17,18);5-6H,3-4,7H2,1-2H3,(H2,16,17);1H4. The lowest BCUT2D eigenvalue weighted by molar-refractivity contribution is -0.139. The predicted octanol–water partition coefficient (Wildman–Crippen LogP) is 7.86. The van der Waals surface area contributed by atoms with E-state index in [1.807, 2.05) is 30.3 Å². The lowest BCUT2D eigenvalue weighted by atomic mass is 10.1. The number of aliphatic hydroxyl groups is 1. The number of nitrogens with two attached hydrogens (primary N) is 4. The molecule has 28 nitrogen and oxygen atoms in total. The second-order valence-corrected chi connectivity index (χ2v) is 33.2. The van der Waals surface area contributed by atoms with Crippen molar-refractivity contribution in [1.82, 2.24) is 4.98 Å². The number of anilines is 4. The van der Waals surface area contributed by atoms with Gasteiger partial charge >= 0.3 is 5.97 Å². The maximum atomic E-state index is 12.7. The number of sulfonamides is 4. The Balaban J connectivity index is 0.000000211. The molecule has 9 N–H and O–H groups in total. The van der Waals surface area contributed by atoms with Gasteiger partial charge in [0.15, 0.2) is 0 Å². The minimum atomic E-state index is -4.14. The van der Waals surface area contributed by atoms with Gasteiger partial charge in [-0.15, -0.1) is 17.6 Å². The number of amidine groups is 4. The van der Waals surface area contributed by atoms with Gasteiger partial charge in [-0.2, -0.15) is 33.7 Å². The summed E-state index contributed by atoms with van der Waals surface area (Å²) in [7, 11) is -15.1. The van der Waals surface area contributed by atoms with Crippen LogP contribution in [0.5, 0.6) is 0 Å². The second-order valence-electron chi connectivity index (χ2n) is 23.5. The first kappa shape index (κ1) is 82.1. The summed E-state index contributed by atoms with van der Waals surface area (Å²) in [5.74, 6) is -1.88. The molecule has 10 rings (SSSR count). The highest BCUT2D eigenvalue weighted by Gasteiger charge is 2.33. The molecule has 4 aliphatic rings. The van der Waals surface area contributed by atoms with Gasteiger partial charge in [0.2, 0.25) is 23.6 Å². The zero-order valence-corrected chi connectivity index (χ0v) is 64.6. The first-order valence-corrected chi connectivity index (χ1v) is 39.1. The molecule has 0 atom stereocenters. The molecule has 5 aromatic carbocycles. The number of carbonyl (C=O) groups is 5. The van der Waals surface area contributed by atoms with Crippen LogP contribution in [0.2, 0.25) is 0 Å². The predicted molar refractivity (Wildman–Crippen MR) is 401 cm³/mol. The van der Waals surface area contributed by atoms with E-state index in [1.54, 1.807) is 58.5 Å². The van der Waals surface area contributed by atoms with E-state index in [0.29, 0.717) is 98.2 Å². The van der Waals surface area contributed by atoms with Crippen LogP contribution < -0.4 is 42.5 Å². The van der Waals surface area contributed by atoms with Crippen LogP contribution in [0.25, 0.3) is 0 Å². The Morgan fingerprint density at radius 1 is 0.485 bits per heavy atom. The van der Waals surface area contributed by atoms with Crippen LogP contribution in [-0.4, -0.2) is 136 Å². The lowest BCUT2D eigenvalue weighted by Crippen LogP contribution is -2.28. The van der Waals surface area contributed by atoms with Gasteiger partial charge in [0, 0.05) is 126 Å². The van der Waals surface area contributed by atoms with Crippen LogP contribution in [-0.2, 0) is 107 Å². The average Bonchev–Trinajstić information content (AvgIpc) is 1.73. The molecule has 101 heavy (non-hydrogen) atoms. The maximum absolute atomic E-state index is 12.7. The number of esters is 1. The third-order valence-corrected chi connectivity index (χ3v) is 24.3. The zero-order valence-electron chi connectivity index (χ0n) is 54.9. The molecule has 0 saturated carbocycles. The number of amides is 4. The molecule has 36 heteroatoms. The Kier molecular flexibility index (Phi) is 27.6. The highest BCUT2D eigenvalue weighted by molar-refractivity contribution is 9.11. The van der Waals surface area contributed by atoms with Gasteiger partial charge in [-0.25, -0.2) is 0 Å². The fourth-order valence-corrected chi connectivity index (χ4v) is 18.9. The minimum Gasteiger partial charge on any atom is -0.469 e. The fraction of sp³-hybridized carbons (Fsp3) is 0.323. The van der Waals surface area contributed by atoms with Crippen molar-refractivity contribution in [3.8, 4) is 0 Å². The topological polar surface area (TPSA) is 431 Å². The normalized spacial score (nSPS) is 14.5. The average molecular weight is 1730 g/mol. The number of pyridine rings is 1. The third kappa shape index (κ3) is 21.4. The second kappa shape index (κ2) is 34.0. The van der Waals surface area contributed by atoms with Gasteiger partial charge < -0.3 is 52.4 Å². The lowest BCUT2D eigenvalue weighted by Gasteiger charge is -2.17. The summed E-state index contributed by atoms with van der Waals surface area (Å²) in [6, 6.07) is 27.1. The van der Waals surface area contributed by atoms with E-state index < -0.39 is 58.1 Å². The molecule has 6 aromatic rings. The summed E-state index contributed by atoms with van der Waals surface area (Å²) >= 11 is 13.1. The monoisotopic (exact) mass is 1720 g/mol. The largest absolute Gasteiger partial charge is 0.469 e. The highest BCUT2D eigenvalue weighted by Crippen LogP contribution is 2.40. The van der Waals surface area contributed by atoms with Crippen molar-refractivity contribution < 1.29 is 67.5 Å². The van der Waals surface area contributed by atoms with Crippen molar-refractivity contribution in [3.63, 3.8) is 0 Å². The molecule has 0 radical (unpaired) electrons. The number of halogens is 4. The van der Waals surface area contributed by atoms with Crippen LogP contribution in [0.4, 0.5) is 22.7 Å². The molecular formula is C65H75Br4N13O15S4. The molecule has 0 bridgehead atoms. The number of nitrogens with zero attached hydrogens (tertiary/aromatic N) is 9. The van der Waals surface area contributed by atoms with E-state index in [2.05, 4.69) is 91.0 Å². The Hall–Kier alpha value is -7.84. The number of hydrogen-bond donors (Lipinski definition) is 5. The van der Waals surface area contributed by atoms with Gasteiger partial charge in [-0.1, -0.05) is 43.8 Å². The molecule has 1 aromatic heterocycles. The molecule has 0 spiro atoms. The van der Waals surface area contributed by atoms with Gasteiger partial charge in [-0.3, -0.25) is 29.0 Å². The van der Waals surface area contributed by atoms with E-state index >= 15 is 0 Å². The summed E-state index contributed by atoms with van der Waals surface area (Å²) in [5, 5.41) is 9.72. The maximum Gasteiger partial charge on any atom is 0.313 e. The van der Waals surface area contributed by atoms with E-state index in [9.17, 15) is 62.8 Å². The van der Waals surface area contributed by atoms with Gasteiger partial charge in [0.1, 0.15) is 49.3 Å².